The van der Waals surface area contributed by atoms with Crippen LogP contribution in [0.25, 0.3) is 0 Å². The topological polar surface area (TPSA) is 60.7 Å². The van der Waals surface area contributed by atoms with Crippen LogP contribution in [0.4, 0.5) is 0 Å². The second-order valence-electron chi connectivity index (χ2n) is 9.36. The Morgan fingerprint density at radius 1 is 0.773 bits per heavy atom. The molecule has 0 radical (unpaired) electrons. The van der Waals surface area contributed by atoms with Crippen LogP contribution in [-0.4, -0.2) is 33.6 Å². The Morgan fingerprint density at radius 3 is 2.23 bits per heavy atom. The number of rotatable bonds is 0. The highest BCUT2D eigenvalue weighted by molar-refractivity contribution is 5.11. The lowest BCUT2D eigenvalue weighted by atomic mass is 9.44. The lowest BCUT2D eigenvalue weighted by Crippen LogP contribution is -2.58. The van der Waals surface area contributed by atoms with Gasteiger partial charge >= 0.3 is 0 Å². The predicted octanol–water partition coefficient (Wildman–Crippen LogP) is 2.72. The molecular formula is C19H32O3. The molecule has 0 saturated heterocycles. The largest absolute Gasteiger partial charge is 0.393 e. The van der Waals surface area contributed by atoms with E-state index in [1.165, 1.54) is 0 Å². The van der Waals surface area contributed by atoms with Crippen LogP contribution in [0.3, 0.4) is 0 Å². The molecule has 4 unspecified atom stereocenters. The van der Waals surface area contributed by atoms with Gasteiger partial charge in [0.15, 0.2) is 0 Å². The summed E-state index contributed by atoms with van der Waals surface area (Å²) in [4.78, 5) is 0. The van der Waals surface area contributed by atoms with E-state index in [2.05, 4.69) is 13.8 Å². The molecule has 4 rings (SSSR count). The van der Waals surface area contributed by atoms with Gasteiger partial charge in [0.05, 0.1) is 18.3 Å². The van der Waals surface area contributed by atoms with Crippen LogP contribution in [0.2, 0.25) is 0 Å². The first-order valence-electron chi connectivity index (χ1n) is 9.40. The van der Waals surface area contributed by atoms with Crippen molar-refractivity contribution in [3.8, 4) is 0 Å². The molecule has 0 amide bonds. The van der Waals surface area contributed by atoms with Crippen molar-refractivity contribution in [2.24, 2.45) is 34.5 Å². The zero-order valence-electron chi connectivity index (χ0n) is 14.0. The summed E-state index contributed by atoms with van der Waals surface area (Å²) in [5.74, 6) is 1.91. The van der Waals surface area contributed by atoms with Gasteiger partial charge in [-0.15, -0.1) is 0 Å². The molecule has 3 N–H and O–H groups in total. The fourth-order valence-corrected chi connectivity index (χ4v) is 7.17. The van der Waals surface area contributed by atoms with Crippen LogP contribution >= 0.6 is 0 Å². The van der Waals surface area contributed by atoms with Gasteiger partial charge in [0.1, 0.15) is 0 Å². The van der Waals surface area contributed by atoms with Crippen LogP contribution in [0.1, 0.15) is 65.2 Å². The summed E-state index contributed by atoms with van der Waals surface area (Å²) in [5, 5.41) is 31.5. The minimum Gasteiger partial charge on any atom is -0.393 e. The molecule has 0 aromatic carbocycles. The molecule has 3 nitrogen and oxygen atoms in total. The minimum atomic E-state index is -0.233. The molecule has 22 heavy (non-hydrogen) atoms. The third-order valence-corrected chi connectivity index (χ3v) is 8.61. The first kappa shape index (κ1) is 15.4. The van der Waals surface area contributed by atoms with Crippen LogP contribution in [0.5, 0.6) is 0 Å². The first-order valence-corrected chi connectivity index (χ1v) is 9.40. The molecule has 0 aromatic heterocycles. The maximum Gasteiger partial charge on any atom is 0.0596 e. The minimum absolute atomic E-state index is 0.0273. The standard InChI is InChI=1S/C19H32O3/c1-18-7-5-12(20)9-11(18)10-15(21)17-13-3-4-16(22)19(13,2)8-6-14(17)18/h11-17,20-22H,3-10H2,1-2H3/t11?,12-,13?,14?,15+,16-,17?,18-,19-/m0/s1. The Balaban J connectivity index is 1.67. The van der Waals surface area contributed by atoms with Gasteiger partial charge < -0.3 is 15.3 Å². The van der Waals surface area contributed by atoms with Gasteiger partial charge in [0.25, 0.3) is 0 Å². The van der Waals surface area contributed by atoms with Crippen LogP contribution in [-0.2, 0) is 0 Å². The van der Waals surface area contributed by atoms with E-state index in [0.717, 1.165) is 51.4 Å². The number of hydrogen-bond acceptors (Lipinski definition) is 3. The molecule has 4 saturated carbocycles. The maximum atomic E-state index is 10.9. The fourth-order valence-electron chi connectivity index (χ4n) is 7.17. The maximum absolute atomic E-state index is 10.9. The third kappa shape index (κ3) is 1.91. The van der Waals surface area contributed by atoms with Gasteiger partial charge in [-0.2, -0.15) is 0 Å². The average molecular weight is 308 g/mol. The molecule has 0 bridgehead atoms. The summed E-state index contributed by atoms with van der Waals surface area (Å²) in [5.41, 5.74) is 0.317. The molecule has 4 fully saturated rings. The summed E-state index contributed by atoms with van der Waals surface area (Å²) >= 11 is 0. The lowest BCUT2D eigenvalue weighted by molar-refractivity contribution is -0.176. The number of aliphatic hydroxyl groups excluding tert-OH is 3. The number of fused-ring (bicyclic) bond motifs is 5. The third-order valence-electron chi connectivity index (χ3n) is 8.61. The highest BCUT2D eigenvalue weighted by Gasteiger charge is 2.62. The summed E-state index contributed by atoms with van der Waals surface area (Å²) < 4.78 is 0. The van der Waals surface area contributed by atoms with Crippen molar-refractivity contribution in [3.05, 3.63) is 0 Å². The van der Waals surface area contributed by atoms with Crippen molar-refractivity contribution in [1.29, 1.82) is 0 Å². The van der Waals surface area contributed by atoms with E-state index < -0.39 is 0 Å². The Kier molecular flexibility index (Phi) is 3.46. The Morgan fingerprint density at radius 2 is 1.45 bits per heavy atom. The first-order chi connectivity index (χ1) is 10.4. The van der Waals surface area contributed by atoms with Gasteiger partial charge in [-0.1, -0.05) is 13.8 Å². The Hall–Kier alpha value is -0.120. The predicted molar refractivity (Wildman–Crippen MR) is 85.1 cm³/mol. The average Bonchev–Trinajstić information content (AvgIpc) is 2.77. The second-order valence-corrected chi connectivity index (χ2v) is 9.36. The van der Waals surface area contributed by atoms with Crippen LogP contribution in [0.15, 0.2) is 0 Å². The van der Waals surface area contributed by atoms with E-state index in [9.17, 15) is 15.3 Å². The van der Waals surface area contributed by atoms with Crippen molar-refractivity contribution in [3.63, 3.8) is 0 Å². The molecule has 9 atom stereocenters. The van der Waals surface area contributed by atoms with E-state index >= 15 is 0 Å². The lowest BCUT2D eigenvalue weighted by Gasteiger charge is -2.62. The van der Waals surface area contributed by atoms with E-state index in [4.69, 9.17) is 0 Å². The monoisotopic (exact) mass is 308 g/mol. The summed E-state index contributed by atoms with van der Waals surface area (Å²) in [7, 11) is 0. The molecule has 0 aliphatic heterocycles. The van der Waals surface area contributed by atoms with Crippen molar-refractivity contribution in [2.45, 2.75) is 83.5 Å². The van der Waals surface area contributed by atoms with Crippen LogP contribution < -0.4 is 0 Å². The normalized spacial score (nSPS) is 61.2. The summed E-state index contributed by atoms with van der Waals surface area (Å²) in [6.45, 7) is 4.69. The highest BCUT2D eigenvalue weighted by Crippen LogP contribution is 2.66. The molecule has 126 valence electrons. The van der Waals surface area contributed by atoms with E-state index in [1.807, 2.05) is 0 Å². The summed E-state index contributed by atoms with van der Waals surface area (Å²) in [6.07, 6.45) is 7.45. The molecule has 4 aliphatic carbocycles. The fraction of sp³-hybridized carbons (Fsp3) is 1.00. The smallest absolute Gasteiger partial charge is 0.0596 e. The molecule has 4 aliphatic rings. The van der Waals surface area contributed by atoms with E-state index in [-0.39, 0.29) is 29.1 Å². The Bertz CT molecular complexity index is 452. The molecule has 0 aromatic rings. The van der Waals surface area contributed by atoms with Crippen molar-refractivity contribution in [1.82, 2.24) is 0 Å². The number of hydrogen-bond donors (Lipinski definition) is 3. The molecular weight excluding hydrogens is 276 g/mol. The molecule has 0 spiro atoms. The van der Waals surface area contributed by atoms with Crippen molar-refractivity contribution >= 4 is 0 Å². The van der Waals surface area contributed by atoms with Crippen molar-refractivity contribution in [2.75, 3.05) is 0 Å². The number of aliphatic hydroxyl groups is 3. The van der Waals surface area contributed by atoms with Gasteiger partial charge in [-0.3, -0.25) is 0 Å². The van der Waals surface area contributed by atoms with Crippen LogP contribution in [0, 0.1) is 34.5 Å². The van der Waals surface area contributed by atoms with Gasteiger partial charge in [0, 0.05) is 0 Å². The quantitative estimate of drug-likeness (QED) is 0.645. The SMILES string of the molecule is C[C@]12CC[C@H](O)CC1C[C@@H](O)C1C2CC[C@@]2(C)C1CC[C@@H]2O. The van der Waals surface area contributed by atoms with E-state index in [0.29, 0.717) is 23.7 Å². The van der Waals surface area contributed by atoms with Gasteiger partial charge in [-0.05, 0) is 85.9 Å². The Labute approximate surface area is 134 Å². The molecule has 3 heteroatoms. The van der Waals surface area contributed by atoms with Crippen molar-refractivity contribution < 1.29 is 15.3 Å². The van der Waals surface area contributed by atoms with Gasteiger partial charge in [0.2, 0.25) is 0 Å². The highest BCUT2D eigenvalue weighted by atomic mass is 16.3. The van der Waals surface area contributed by atoms with E-state index in [1.54, 1.807) is 0 Å². The zero-order chi connectivity index (χ0) is 15.7. The van der Waals surface area contributed by atoms with Gasteiger partial charge in [-0.25, -0.2) is 0 Å². The summed E-state index contributed by atoms with van der Waals surface area (Å²) in [6, 6.07) is 0. The second kappa shape index (κ2) is 4.94. The molecule has 0 heterocycles. The zero-order valence-corrected chi connectivity index (χ0v) is 14.0.